The van der Waals surface area contributed by atoms with Gasteiger partial charge in [-0.2, -0.15) is 0 Å². The summed E-state index contributed by atoms with van der Waals surface area (Å²) in [6.07, 6.45) is 3.67. The number of hydrogen-bond acceptors (Lipinski definition) is 8. The molecular weight excluding hydrogens is 438 g/mol. The van der Waals surface area contributed by atoms with Gasteiger partial charge in [-0.05, 0) is 25.8 Å². The molecule has 14 heteroatoms. The fourth-order valence-corrected chi connectivity index (χ4v) is 2.81. The van der Waals surface area contributed by atoms with Crippen LogP contribution in [0, 0.1) is 0 Å². The number of carbonyl (C=O) groups is 5. The Morgan fingerprint density at radius 2 is 1.76 bits per heavy atom. The SMILES string of the molecule is NCCCCC(N)C(=O)NCC(=O)NC(CCC(=O)O)C(=O)NC(Cc1cnc[nH]1)C(=O)O. The Bertz CT molecular complexity index is 800. The highest BCUT2D eigenvalue weighted by atomic mass is 16.4. The molecule has 1 heterocycles. The van der Waals surface area contributed by atoms with Gasteiger partial charge < -0.3 is 42.6 Å². The topological polar surface area (TPSA) is 243 Å². The number of aliphatic carboxylic acids is 2. The Kier molecular flexibility index (Phi) is 12.1. The fourth-order valence-electron chi connectivity index (χ4n) is 2.81. The number of amides is 3. The zero-order chi connectivity index (χ0) is 24.8. The molecular formula is C19H31N7O7. The van der Waals surface area contributed by atoms with E-state index in [1.807, 2.05) is 0 Å². The summed E-state index contributed by atoms with van der Waals surface area (Å²) in [5, 5.41) is 25.3. The van der Waals surface area contributed by atoms with Gasteiger partial charge in [0.25, 0.3) is 0 Å². The molecule has 1 aromatic rings. The first-order valence-electron chi connectivity index (χ1n) is 10.4. The van der Waals surface area contributed by atoms with Crippen molar-refractivity contribution in [2.24, 2.45) is 11.5 Å². The van der Waals surface area contributed by atoms with Crippen LogP contribution in [0.25, 0.3) is 0 Å². The van der Waals surface area contributed by atoms with E-state index in [0.717, 1.165) is 0 Å². The van der Waals surface area contributed by atoms with E-state index in [1.165, 1.54) is 12.5 Å². The summed E-state index contributed by atoms with van der Waals surface area (Å²) in [5.74, 6) is -4.72. The van der Waals surface area contributed by atoms with Crippen LogP contribution >= 0.6 is 0 Å². The lowest BCUT2D eigenvalue weighted by Crippen LogP contribution is -2.54. The highest BCUT2D eigenvalue weighted by molar-refractivity contribution is 5.92. The molecule has 0 saturated heterocycles. The number of unbranched alkanes of at least 4 members (excludes halogenated alkanes) is 1. The van der Waals surface area contributed by atoms with Crippen molar-refractivity contribution >= 4 is 29.7 Å². The summed E-state index contributed by atoms with van der Waals surface area (Å²) in [4.78, 5) is 65.7. The summed E-state index contributed by atoms with van der Waals surface area (Å²) in [7, 11) is 0. The van der Waals surface area contributed by atoms with E-state index in [4.69, 9.17) is 16.6 Å². The number of rotatable bonds is 16. The molecule has 0 aliphatic carbocycles. The van der Waals surface area contributed by atoms with Crippen molar-refractivity contribution in [3.63, 3.8) is 0 Å². The Hall–Kier alpha value is -3.52. The van der Waals surface area contributed by atoms with Crippen LogP contribution in [0.3, 0.4) is 0 Å². The van der Waals surface area contributed by atoms with Gasteiger partial charge in [-0.3, -0.25) is 19.2 Å². The average molecular weight is 469 g/mol. The van der Waals surface area contributed by atoms with E-state index in [0.29, 0.717) is 31.5 Å². The molecule has 0 spiro atoms. The molecule has 10 N–H and O–H groups in total. The molecule has 1 aromatic heterocycles. The average Bonchev–Trinajstić information content (AvgIpc) is 3.27. The second-order valence-corrected chi connectivity index (χ2v) is 7.34. The van der Waals surface area contributed by atoms with E-state index in [9.17, 15) is 29.1 Å². The fraction of sp³-hybridized carbons (Fsp3) is 0.579. The number of hydrogen-bond donors (Lipinski definition) is 8. The van der Waals surface area contributed by atoms with E-state index < -0.39 is 60.8 Å². The maximum atomic E-state index is 12.6. The zero-order valence-electron chi connectivity index (χ0n) is 18.1. The normalized spacial score (nSPS) is 13.4. The third-order valence-corrected chi connectivity index (χ3v) is 4.62. The van der Waals surface area contributed by atoms with Crippen molar-refractivity contribution in [1.29, 1.82) is 0 Å². The summed E-state index contributed by atoms with van der Waals surface area (Å²) in [6, 6.07) is -3.49. The number of carboxylic acid groups (broad SMARTS) is 2. The van der Waals surface area contributed by atoms with Gasteiger partial charge in [-0.25, -0.2) is 9.78 Å². The quantitative estimate of drug-likeness (QED) is 0.118. The summed E-state index contributed by atoms with van der Waals surface area (Å²) in [5.41, 5.74) is 11.6. The molecule has 0 bridgehead atoms. The molecule has 0 aliphatic heterocycles. The lowest BCUT2D eigenvalue weighted by molar-refractivity contribution is -0.143. The molecule has 1 rings (SSSR count). The van der Waals surface area contributed by atoms with Gasteiger partial charge in [0.05, 0.1) is 18.9 Å². The van der Waals surface area contributed by atoms with Crippen LogP contribution in [-0.4, -0.2) is 81.1 Å². The Morgan fingerprint density at radius 3 is 2.33 bits per heavy atom. The van der Waals surface area contributed by atoms with Gasteiger partial charge in [0, 0.05) is 24.7 Å². The van der Waals surface area contributed by atoms with Crippen LogP contribution < -0.4 is 27.4 Å². The second kappa shape index (κ2) is 14.5. The molecule has 184 valence electrons. The number of carboxylic acids is 2. The molecule has 0 aromatic carbocycles. The second-order valence-electron chi connectivity index (χ2n) is 7.34. The van der Waals surface area contributed by atoms with Crippen LogP contribution in [0.5, 0.6) is 0 Å². The van der Waals surface area contributed by atoms with Crippen LogP contribution in [0.15, 0.2) is 12.5 Å². The van der Waals surface area contributed by atoms with Gasteiger partial charge in [-0.15, -0.1) is 0 Å². The smallest absolute Gasteiger partial charge is 0.326 e. The van der Waals surface area contributed by atoms with Crippen LogP contribution in [0.1, 0.15) is 37.8 Å². The molecule has 0 aliphatic rings. The van der Waals surface area contributed by atoms with E-state index in [1.54, 1.807) is 0 Å². The zero-order valence-corrected chi connectivity index (χ0v) is 18.1. The standard InChI is InChI=1S/C19H31N7O7/c20-6-2-1-3-12(21)17(30)23-9-15(27)25-13(4-5-16(28)29)18(31)26-14(19(32)33)7-11-8-22-10-24-11/h8,10,12-14H,1-7,9,20-21H2,(H,22,24)(H,23,30)(H,25,27)(H,26,31)(H,28,29)(H,32,33). The molecule has 0 radical (unpaired) electrons. The number of nitrogens with zero attached hydrogens (tertiary/aromatic N) is 1. The highest BCUT2D eigenvalue weighted by Crippen LogP contribution is 2.03. The molecule has 14 nitrogen and oxygen atoms in total. The number of imidazole rings is 1. The van der Waals surface area contributed by atoms with Gasteiger partial charge in [0.1, 0.15) is 12.1 Å². The number of aromatic amines is 1. The lowest BCUT2D eigenvalue weighted by Gasteiger charge is -2.21. The van der Waals surface area contributed by atoms with Gasteiger partial charge in [0.15, 0.2) is 0 Å². The molecule has 3 atom stereocenters. The first-order valence-corrected chi connectivity index (χ1v) is 10.4. The largest absolute Gasteiger partial charge is 0.481 e. The van der Waals surface area contributed by atoms with Crippen molar-refractivity contribution in [2.45, 2.75) is 56.7 Å². The van der Waals surface area contributed by atoms with Crippen molar-refractivity contribution in [1.82, 2.24) is 25.9 Å². The van der Waals surface area contributed by atoms with Gasteiger partial charge in [-0.1, -0.05) is 6.42 Å². The van der Waals surface area contributed by atoms with Crippen molar-refractivity contribution in [2.75, 3.05) is 13.1 Å². The third kappa shape index (κ3) is 11.1. The number of nitrogens with one attached hydrogen (secondary N) is 4. The van der Waals surface area contributed by atoms with Crippen molar-refractivity contribution in [3.05, 3.63) is 18.2 Å². The van der Waals surface area contributed by atoms with Crippen LogP contribution in [0.4, 0.5) is 0 Å². The molecule has 0 saturated carbocycles. The minimum atomic E-state index is -1.34. The van der Waals surface area contributed by atoms with Gasteiger partial charge in [0.2, 0.25) is 17.7 Å². The lowest BCUT2D eigenvalue weighted by atomic mass is 10.1. The van der Waals surface area contributed by atoms with E-state index in [-0.39, 0.29) is 12.8 Å². The van der Waals surface area contributed by atoms with Crippen molar-refractivity contribution < 1.29 is 34.2 Å². The first-order chi connectivity index (χ1) is 15.6. The van der Waals surface area contributed by atoms with E-state index >= 15 is 0 Å². The summed E-state index contributed by atoms with van der Waals surface area (Å²) < 4.78 is 0. The summed E-state index contributed by atoms with van der Waals surface area (Å²) in [6.45, 7) is -0.0159. The van der Waals surface area contributed by atoms with Crippen LogP contribution in [0.2, 0.25) is 0 Å². The molecule has 3 unspecified atom stereocenters. The Balaban J connectivity index is 2.68. The van der Waals surface area contributed by atoms with E-state index in [2.05, 4.69) is 25.9 Å². The third-order valence-electron chi connectivity index (χ3n) is 4.62. The predicted molar refractivity (Wildman–Crippen MR) is 115 cm³/mol. The predicted octanol–water partition coefficient (Wildman–Crippen LogP) is -2.56. The Labute approximate surface area is 189 Å². The van der Waals surface area contributed by atoms with Gasteiger partial charge >= 0.3 is 11.9 Å². The number of carbonyl (C=O) groups excluding carboxylic acids is 3. The maximum Gasteiger partial charge on any atom is 0.326 e. The molecule has 3 amide bonds. The minimum Gasteiger partial charge on any atom is -0.481 e. The highest BCUT2D eigenvalue weighted by Gasteiger charge is 2.27. The first kappa shape index (κ1) is 27.5. The van der Waals surface area contributed by atoms with Crippen LogP contribution in [-0.2, 0) is 30.4 Å². The Morgan fingerprint density at radius 1 is 1.03 bits per heavy atom. The monoisotopic (exact) mass is 469 g/mol. The minimum absolute atomic E-state index is 0.0984. The maximum absolute atomic E-state index is 12.6. The number of nitrogens with two attached hydrogens (primary N) is 2. The molecule has 33 heavy (non-hydrogen) atoms. The van der Waals surface area contributed by atoms with Crippen molar-refractivity contribution in [3.8, 4) is 0 Å². The summed E-state index contributed by atoms with van der Waals surface area (Å²) >= 11 is 0. The number of H-pyrrole nitrogens is 1. The molecule has 0 fully saturated rings. The number of aromatic nitrogens is 2.